The van der Waals surface area contributed by atoms with Crippen molar-refractivity contribution in [3.05, 3.63) is 28.5 Å². The molecular weight excluding hydrogens is 262 g/mol. The first-order valence-electron chi connectivity index (χ1n) is 2.50. The van der Waals surface area contributed by atoms with E-state index in [1.54, 1.807) is 12.3 Å². The lowest BCUT2D eigenvalue weighted by molar-refractivity contribution is 0.109. The maximum Gasteiger partial charge on any atom is 0.229 e. The van der Waals surface area contributed by atoms with E-state index in [1.165, 1.54) is 6.20 Å². The van der Waals surface area contributed by atoms with Gasteiger partial charge in [-0.1, -0.05) is 0 Å². The van der Waals surface area contributed by atoms with Gasteiger partial charge in [0.05, 0.1) is 0 Å². The minimum atomic E-state index is -0.152. The van der Waals surface area contributed by atoms with Crippen LogP contribution in [0.2, 0.25) is 0 Å². The van der Waals surface area contributed by atoms with Gasteiger partial charge in [-0.05, 0) is 37.9 Å². The average Bonchev–Trinajstić information content (AvgIpc) is 1.88. The van der Waals surface area contributed by atoms with Crippen LogP contribution in [0.15, 0.2) is 22.9 Å². The molecule has 1 heterocycles. The number of rotatable bonds is 1. The molecule has 0 aliphatic rings. The molecule has 2 nitrogen and oxygen atoms in total. The van der Waals surface area contributed by atoms with Gasteiger partial charge in [-0.15, -0.1) is 0 Å². The third kappa shape index (κ3) is 1.88. The predicted molar refractivity (Wildman–Crippen MR) is 45.2 cm³/mol. The highest BCUT2D eigenvalue weighted by atomic mass is 79.9. The van der Waals surface area contributed by atoms with Crippen LogP contribution in [0.4, 0.5) is 0 Å². The number of carbonyl (C=O) groups excluding carboxylic acids is 1. The summed E-state index contributed by atoms with van der Waals surface area (Å²) in [7, 11) is 0. The lowest BCUT2D eigenvalue weighted by atomic mass is 10.3. The second-order valence-corrected chi connectivity index (χ2v) is 3.30. The van der Waals surface area contributed by atoms with Crippen LogP contribution in [-0.4, -0.2) is 9.68 Å². The second-order valence-electron chi connectivity index (χ2n) is 1.67. The van der Waals surface area contributed by atoms with Crippen LogP contribution in [0, 0.1) is 0 Å². The quantitative estimate of drug-likeness (QED) is 0.729. The van der Waals surface area contributed by atoms with Crippen molar-refractivity contribution < 1.29 is 4.79 Å². The molecule has 0 aliphatic heterocycles. The number of hydrogen-bond acceptors (Lipinski definition) is 2. The summed E-state index contributed by atoms with van der Waals surface area (Å²) in [5.74, 6) is 0. The van der Waals surface area contributed by atoms with Gasteiger partial charge in [0.1, 0.15) is 0 Å². The van der Waals surface area contributed by atoms with Gasteiger partial charge in [0, 0.05) is 22.4 Å². The normalized spacial score (nSPS) is 9.40. The Morgan fingerprint density at radius 3 is 2.60 bits per heavy atom. The molecule has 1 rings (SSSR count). The largest absolute Gasteiger partial charge is 0.281 e. The van der Waals surface area contributed by atoms with E-state index in [4.69, 9.17) is 0 Å². The Balaban J connectivity index is 3.07. The van der Waals surface area contributed by atoms with Crippen molar-refractivity contribution in [1.82, 2.24) is 4.98 Å². The van der Waals surface area contributed by atoms with Crippen molar-refractivity contribution in [3.8, 4) is 0 Å². The highest BCUT2D eigenvalue weighted by Gasteiger charge is 1.99. The van der Waals surface area contributed by atoms with E-state index in [2.05, 4.69) is 36.8 Å². The molecule has 0 aromatic carbocycles. The zero-order valence-electron chi connectivity index (χ0n) is 4.84. The van der Waals surface area contributed by atoms with Crippen molar-refractivity contribution in [3.63, 3.8) is 0 Å². The Hall–Kier alpha value is -0.220. The van der Waals surface area contributed by atoms with Crippen molar-refractivity contribution in [2.45, 2.75) is 0 Å². The monoisotopic (exact) mass is 263 g/mol. The molecule has 0 N–H and O–H groups in total. The van der Waals surface area contributed by atoms with Crippen molar-refractivity contribution in [1.29, 1.82) is 0 Å². The molecule has 0 fully saturated rings. The fourth-order valence-corrected chi connectivity index (χ4v) is 1.10. The summed E-state index contributed by atoms with van der Waals surface area (Å²) >= 11 is 6.01. The van der Waals surface area contributed by atoms with Gasteiger partial charge in [0.15, 0.2) is 0 Å². The third-order valence-electron chi connectivity index (χ3n) is 0.932. The first-order chi connectivity index (χ1) is 4.70. The van der Waals surface area contributed by atoms with Crippen LogP contribution in [0.3, 0.4) is 0 Å². The number of pyridine rings is 1. The summed E-state index contributed by atoms with van der Waals surface area (Å²) in [4.78, 5) is 14.5. The van der Waals surface area contributed by atoms with Crippen LogP contribution in [-0.2, 0) is 0 Å². The van der Waals surface area contributed by atoms with E-state index in [-0.39, 0.29) is 4.69 Å². The maximum atomic E-state index is 10.7. The van der Waals surface area contributed by atoms with Crippen LogP contribution in [0.25, 0.3) is 0 Å². The van der Waals surface area contributed by atoms with E-state index < -0.39 is 0 Å². The fraction of sp³-hybridized carbons (Fsp3) is 0. The third-order valence-corrected chi connectivity index (χ3v) is 1.82. The Morgan fingerprint density at radius 2 is 2.20 bits per heavy atom. The number of halogens is 2. The zero-order chi connectivity index (χ0) is 7.56. The Kier molecular flexibility index (Phi) is 2.56. The van der Waals surface area contributed by atoms with Crippen molar-refractivity contribution in [2.75, 3.05) is 0 Å². The molecule has 0 aliphatic carbocycles. The average molecular weight is 265 g/mol. The summed E-state index contributed by atoms with van der Waals surface area (Å²) in [6.07, 6.45) is 3.13. The molecule has 0 radical (unpaired) electrons. The molecule has 0 saturated carbocycles. The summed E-state index contributed by atoms with van der Waals surface area (Å²) in [6, 6.07) is 1.70. The molecule has 4 heteroatoms. The first kappa shape index (κ1) is 7.88. The van der Waals surface area contributed by atoms with E-state index in [1.807, 2.05) is 0 Å². The van der Waals surface area contributed by atoms with Crippen molar-refractivity contribution in [2.24, 2.45) is 0 Å². The minimum Gasteiger partial charge on any atom is -0.281 e. The SMILES string of the molecule is O=C(Br)c1cncc(Br)c1. The molecule has 10 heavy (non-hydrogen) atoms. The molecular formula is C6H3Br2NO. The minimum absolute atomic E-state index is 0.152. The van der Waals surface area contributed by atoms with Crippen LogP contribution in [0.5, 0.6) is 0 Å². The Bertz CT molecular complexity index is 262. The summed E-state index contributed by atoms with van der Waals surface area (Å²) in [5, 5.41) is 0. The molecule has 0 unspecified atom stereocenters. The molecule has 0 spiro atoms. The molecule has 1 aromatic heterocycles. The summed E-state index contributed by atoms with van der Waals surface area (Å²) < 4.78 is 0.652. The van der Waals surface area contributed by atoms with Crippen LogP contribution in [0.1, 0.15) is 10.4 Å². The van der Waals surface area contributed by atoms with Gasteiger partial charge in [0.25, 0.3) is 0 Å². The van der Waals surface area contributed by atoms with Gasteiger partial charge in [-0.3, -0.25) is 9.78 Å². The first-order valence-corrected chi connectivity index (χ1v) is 4.09. The highest BCUT2D eigenvalue weighted by molar-refractivity contribution is 9.18. The van der Waals surface area contributed by atoms with E-state index in [9.17, 15) is 4.79 Å². The second kappa shape index (κ2) is 3.25. The van der Waals surface area contributed by atoms with Crippen LogP contribution < -0.4 is 0 Å². The van der Waals surface area contributed by atoms with Crippen LogP contribution >= 0.6 is 31.9 Å². The van der Waals surface area contributed by atoms with Gasteiger partial charge < -0.3 is 0 Å². The Labute approximate surface area is 74.9 Å². The number of nitrogens with zero attached hydrogens (tertiary/aromatic N) is 1. The molecule has 0 atom stereocenters. The van der Waals surface area contributed by atoms with Gasteiger partial charge in [-0.25, -0.2) is 0 Å². The maximum absolute atomic E-state index is 10.7. The van der Waals surface area contributed by atoms with Gasteiger partial charge in [0.2, 0.25) is 4.69 Å². The number of hydrogen-bond donors (Lipinski definition) is 0. The lowest BCUT2D eigenvalue weighted by Crippen LogP contribution is -1.87. The summed E-state index contributed by atoms with van der Waals surface area (Å²) in [5.41, 5.74) is 0.550. The molecule has 1 aromatic rings. The molecule has 52 valence electrons. The molecule has 0 saturated heterocycles. The highest BCUT2D eigenvalue weighted by Crippen LogP contribution is 2.11. The molecule has 0 bridgehead atoms. The summed E-state index contributed by atoms with van der Waals surface area (Å²) in [6.45, 7) is 0. The Morgan fingerprint density at radius 1 is 1.50 bits per heavy atom. The van der Waals surface area contributed by atoms with Crippen molar-refractivity contribution >= 4 is 36.6 Å². The predicted octanol–water partition coefficient (Wildman–Crippen LogP) is 2.38. The zero-order valence-corrected chi connectivity index (χ0v) is 8.02. The van der Waals surface area contributed by atoms with E-state index in [0.717, 1.165) is 4.47 Å². The smallest absolute Gasteiger partial charge is 0.229 e. The number of carbonyl (C=O) groups is 1. The molecule has 0 amide bonds. The van der Waals surface area contributed by atoms with Gasteiger partial charge >= 0.3 is 0 Å². The topological polar surface area (TPSA) is 30.0 Å². The standard InChI is InChI=1S/C6H3Br2NO/c7-5-1-4(6(8)10)2-9-3-5/h1-3H. The lowest BCUT2D eigenvalue weighted by Gasteiger charge is -1.91. The number of aromatic nitrogens is 1. The van der Waals surface area contributed by atoms with E-state index >= 15 is 0 Å². The van der Waals surface area contributed by atoms with E-state index in [0.29, 0.717) is 5.56 Å². The van der Waals surface area contributed by atoms with Gasteiger partial charge in [-0.2, -0.15) is 0 Å². The fourth-order valence-electron chi connectivity index (χ4n) is 0.519.